The summed E-state index contributed by atoms with van der Waals surface area (Å²) in [6, 6.07) is 19.4. The van der Waals surface area contributed by atoms with Gasteiger partial charge in [-0.1, -0.05) is 24.3 Å². The van der Waals surface area contributed by atoms with Crippen LogP contribution in [0.3, 0.4) is 0 Å². The number of aromatic hydroxyl groups is 1. The van der Waals surface area contributed by atoms with Crippen molar-refractivity contribution in [2.45, 2.75) is 13.3 Å². The first-order valence-corrected chi connectivity index (χ1v) is 11.3. The summed E-state index contributed by atoms with van der Waals surface area (Å²) in [6.45, 7) is 1.91. The van der Waals surface area contributed by atoms with Crippen LogP contribution in [0.15, 0.2) is 71.0 Å². The third kappa shape index (κ3) is 4.56. The first-order chi connectivity index (χ1) is 16.0. The SMILES string of the molecule is Cc1cc(N=Cc2c(O)[nH]c3ccc(Cc4ccc(NC(=O)c5cccs5)cc4)cc23)n[nH]1. The van der Waals surface area contributed by atoms with Gasteiger partial charge in [0.15, 0.2) is 11.7 Å². The summed E-state index contributed by atoms with van der Waals surface area (Å²) in [4.78, 5) is 20.3. The zero-order chi connectivity index (χ0) is 22.8. The second kappa shape index (κ2) is 8.76. The number of aromatic nitrogens is 3. The lowest BCUT2D eigenvalue weighted by molar-refractivity contribution is 0.103. The number of carbonyl (C=O) groups is 1. The number of nitrogens with one attached hydrogen (secondary N) is 3. The standard InChI is InChI=1S/C25H21N5O2S/c1-15-11-23(30-29-15)26-14-20-19-13-17(6-9-21(19)28-24(20)31)12-16-4-7-18(8-5-16)27-25(32)22-3-2-10-33-22/h2-11,13-14,28,31H,12H2,1H3,(H,27,32)(H,29,30). The van der Waals surface area contributed by atoms with E-state index in [-0.39, 0.29) is 11.8 Å². The number of hydrogen-bond donors (Lipinski definition) is 4. The van der Waals surface area contributed by atoms with Gasteiger partial charge in [-0.15, -0.1) is 11.3 Å². The predicted molar refractivity (Wildman–Crippen MR) is 132 cm³/mol. The van der Waals surface area contributed by atoms with Crippen LogP contribution in [0.2, 0.25) is 0 Å². The zero-order valence-corrected chi connectivity index (χ0v) is 18.6. The molecule has 2 aromatic carbocycles. The van der Waals surface area contributed by atoms with Crippen molar-refractivity contribution in [3.63, 3.8) is 0 Å². The smallest absolute Gasteiger partial charge is 0.265 e. The summed E-state index contributed by atoms with van der Waals surface area (Å²) >= 11 is 1.42. The minimum Gasteiger partial charge on any atom is -0.494 e. The molecule has 8 heteroatoms. The maximum Gasteiger partial charge on any atom is 0.265 e. The topological polar surface area (TPSA) is 106 Å². The Balaban J connectivity index is 1.33. The summed E-state index contributed by atoms with van der Waals surface area (Å²) in [7, 11) is 0. The fraction of sp³-hybridized carbons (Fsp3) is 0.0800. The quantitative estimate of drug-likeness (QED) is 0.252. The Kier molecular flexibility index (Phi) is 5.50. The molecule has 0 atom stereocenters. The van der Waals surface area contributed by atoms with Gasteiger partial charge in [-0.2, -0.15) is 5.10 Å². The number of amides is 1. The van der Waals surface area contributed by atoms with Crippen molar-refractivity contribution in [1.82, 2.24) is 15.2 Å². The van der Waals surface area contributed by atoms with E-state index in [1.165, 1.54) is 11.3 Å². The number of aromatic amines is 2. The highest BCUT2D eigenvalue weighted by atomic mass is 32.1. The molecule has 5 rings (SSSR count). The van der Waals surface area contributed by atoms with Crippen molar-refractivity contribution < 1.29 is 9.90 Å². The van der Waals surface area contributed by atoms with E-state index < -0.39 is 0 Å². The lowest BCUT2D eigenvalue weighted by atomic mass is 10.0. The minimum atomic E-state index is -0.102. The van der Waals surface area contributed by atoms with Crippen LogP contribution in [0.1, 0.15) is 32.1 Å². The van der Waals surface area contributed by atoms with Crippen molar-refractivity contribution in [3.8, 4) is 5.88 Å². The molecule has 0 spiro atoms. The number of hydrogen-bond acceptors (Lipinski definition) is 5. The number of carbonyl (C=O) groups excluding carboxylic acids is 1. The Labute approximate surface area is 193 Å². The minimum absolute atomic E-state index is 0.0731. The van der Waals surface area contributed by atoms with Crippen LogP contribution in [0.4, 0.5) is 11.5 Å². The van der Waals surface area contributed by atoms with Crippen LogP contribution in [0, 0.1) is 6.92 Å². The number of anilines is 1. The fourth-order valence-corrected chi connectivity index (χ4v) is 4.25. The number of aliphatic imine (C=N–C) groups is 1. The van der Waals surface area contributed by atoms with Crippen LogP contribution in [0.5, 0.6) is 5.88 Å². The number of aryl methyl sites for hydroxylation is 1. The van der Waals surface area contributed by atoms with E-state index in [1.54, 1.807) is 12.3 Å². The molecule has 164 valence electrons. The summed E-state index contributed by atoms with van der Waals surface area (Å²) in [5.41, 5.74) is 5.36. The van der Waals surface area contributed by atoms with Crippen molar-refractivity contribution in [2.24, 2.45) is 4.99 Å². The van der Waals surface area contributed by atoms with E-state index in [0.717, 1.165) is 39.8 Å². The zero-order valence-electron chi connectivity index (χ0n) is 17.8. The van der Waals surface area contributed by atoms with Gasteiger partial charge >= 0.3 is 0 Å². The van der Waals surface area contributed by atoms with Gasteiger partial charge in [-0.25, -0.2) is 4.99 Å². The molecule has 33 heavy (non-hydrogen) atoms. The Bertz CT molecular complexity index is 1450. The van der Waals surface area contributed by atoms with Gasteiger partial charge in [0.05, 0.1) is 10.4 Å². The number of benzene rings is 2. The highest BCUT2D eigenvalue weighted by Gasteiger charge is 2.11. The summed E-state index contributed by atoms with van der Waals surface area (Å²) in [5.74, 6) is 0.530. The average molecular weight is 456 g/mol. The van der Waals surface area contributed by atoms with E-state index in [1.807, 2.05) is 60.8 Å². The largest absolute Gasteiger partial charge is 0.494 e. The average Bonchev–Trinajstić information content (AvgIpc) is 3.54. The molecule has 4 N–H and O–H groups in total. The molecule has 0 radical (unpaired) electrons. The van der Waals surface area contributed by atoms with Gasteiger partial charge in [0.2, 0.25) is 0 Å². The fourth-order valence-electron chi connectivity index (χ4n) is 3.63. The third-order valence-electron chi connectivity index (χ3n) is 5.27. The van der Waals surface area contributed by atoms with Crippen LogP contribution < -0.4 is 5.32 Å². The Morgan fingerprint density at radius 1 is 1.15 bits per heavy atom. The van der Waals surface area contributed by atoms with Crippen molar-refractivity contribution in [3.05, 3.63) is 93.3 Å². The highest BCUT2D eigenvalue weighted by Crippen LogP contribution is 2.28. The van der Waals surface area contributed by atoms with Gasteiger partial charge in [-0.05, 0) is 60.2 Å². The summed E-state index contributed by atoms with van der Waals surface area (Å²) < 4.78 is 0. The second-order valence-electron chi connectivity index (χ2n) is 7.74. The van der Waals surface area contributed by atoms with Gasteiger partial charge in [0.1, 0.15) is 0 Å². The van der Waals surface area contributed by atoms with Crippen LogP contribution >= 0.6 is 11.3 Å². The van der Waals surface area contributed by atoms with E-state index >= 15 is 0 Å². The maximum atomic E-state index is 12.2. The maximum absolute atomic E-state index is 12.2. The van der Waals surface area contributed by atoms with Crippen LogP contribution in [-0.2, 0) is 6.42 Å². The Morgan fingerprint density at radius 2 is 1.97 bits per heavy atom. The number of rotatable bonds is 6. The molecule has 0 saturated carbocycles. The molecule has 0 unspecified atom stereocenters. The van der Waals surface area contributed by atoms with Gasteiger partial charge in [0.25, 0.3) is 5.91 Å². The number of nitrogens with zero attached hydrogens (tertiary/aromatic N) is 2. The first kappa shape index (κ1) is 20.7. The molecule has 5 aromatic rings. The molecule has 0 aliphatic carbocycles. The molecular weight excluding hydrogens is 434 g/mol. The normalized spacial score (nSPS) is 11.4. The monoisotopic (exact) mass is 455 g/mol. The lowest BCUT2D eigenvalue weighted by Crippen LogP contribution is -2.09. The molecule has 1 amide bonds. The van der Waals surface area contributed by atoms with Crippen molar-refractivity contribution in [2.75, 3.05) is 5.32 Å². The van der Waals surface area contributed by atoms with E-state index in [0.29, 0.717) is 16.3 Å². The summed E-state index contributed by atoms with van der Waals surface area (Å²) in [6.07, 6.45) is 2.34. The third-order valence-corrected chi connectivity index (χ3v) is 6.13. The molecule has 0 aliphatic heterocycles. The van der Waals surface area contributed by atoms with E-state index in [4.69, 9.17) is 0 Å². The molecular formula is C25H21N5O2S. The van der Waals surface area contributed by atoms with Gasteiger partial charge in [-0.3, -0.25) is 9.89 Å². The van der Waals surface area contributed by atoms with Crippen molar-refractivity contribution >= 4 is 45.9 Å². The van der Waals surface area contributed by atoms with Crippen LogP contribution in [0.25, 0.3) is 10.9 Å². The molecule has 0 aliphatic rings. The molecule has 3 heterocycles. The Morgan fingerprint density at radius 3 is 2.70 bits per heavy atom. The first-order valence-electron chi connectivity index (χ1n) is 10.4. The lowest BCUT2D eigenvalue weighted by Gasteiger charge is -2.06. The summed E-state index contributed by atoms with van der Waals surface area (Å²) in [5, 5.41) is 23.0. The van der Waals surface area contributed by atoms with Gasteiger partial charge in [0, 0.05) is 34.6 Å². The number of H-pyrrole nitrogens is 2. The molecule has 3 aromatic heterocycles. The molecule has 0 bridgehead atoms. The predicted octanol–water partition coefficient (Wildman–Crippen LogP) is 5.56. The second-order valence-corrected chi connectivity index (χ2v) is 8.69. The highest BCUT2D eigenvalue weighted by molar-refractivity contribution is 7.12. The molecule has 0 fully saturated rings. The molecule has 7 nitrogen and oxygen atoms in total. The number of fused-ring (bicyclic) bond motifs is 1. The number of thiophene rings is 1. The van der Waals surface area contributed by atoms with Crippen LogP contribution in [-0.4, -0.2) is 32.4 Å². The van der Waals surface area contributed by atoms with E-state index in [9.17, 15) is 9.90 Å². The van der Waals surface area contributed by atoms with E-state index in [2.05, 4.69) is 31.6 Å². The van der Waals surface area contributed by atoms with Crippen molar-refractivity contribution in [1.29, 1.82) is 0 Å². The molecule has 0 saturated heterocycles. The van der Waals surface area contributed by atoms with Gasteiger partial charge < -0.3 is 15.4 Å². The Hall–Kier alpha value is -4.17.